The van der Waals surface area contributed by atoms with Crippen molar-refractivity contribution >= 4 is 40.2 Å². The van der Waals surface area contributed by atoms with E-state index in [-0.39, 0.29) is 41.0 Å². The summed E-state index contributed by atoms with van der Waals surface area (Å²) in [5.41, 5.74) is 3.02. The molecule has 1 saturated carbocycles. The van der Waals surface area contributed by atoms with Crippen molar-refractivity contribution < 1.29 is 28.0 Å². The van der Waals surface area contributed by atoms with Gasteiger partial charge in [0, 0.05) is 35.0 Å². The maximum atomic E-state index is 13.5. The van der Waals surface area contributed by atoms with Gasteiger partial charge in [0.25, 0.3) is 5.91 Å². The van der Waals surface area contributed by atoms with Crippen molar-refractivity contribution in [1.82, 2.24) is 4.72 Å². The van der Waals surface area contributed by atoms with E-state index in [1.54, 1.807) is 6.07 Å². The fourth-order valence-electron chi connectivity index (χ4n) is 8.60. The molecule has 45 heavy (non-hydrogen) atoms. The van der Waals surface area contributed by atoms with E-state index in [4.69, 9.17) is 25.8 Å². The van der Waals surface area contributed by atoms with Crippen LogP contribution in [0.2, 0.25) is 5.02 Å². The number of aryl methyl sites for hydroxylation is 1. The van der Waals surface area contributed by atoms with Gasteiger partial charge in [-0.3, -0.25) is 9.52 Å². The predicted octanol–water partition coefficient (Wildman–Crippen LogP) is 5.90. The quantitative estimate of drug-likeness (QED) is 0.383. The minimum absolute atomic E-state index is 0.00128. The van der Waals surface area contributed by atoms with Gasteiger partial charge in [0.15, 0.2) is 0 Å². The third kappa shape index (κ3) is 5.89. The average molecular weight is 655 g/mol. The maximum Gasteiger partial charge on any atom is 0.332 e. The first kappa shape index (κ1) is 31.0. The number of benzene rings is 2. The van der Waals surface area contributed by atoms with Crippen LogP contribution in [0.5, 0.6) is 5.75 Å². The Bertz CT molecular complexity index is 1500. The molecule has 2 aromatic carbocycles. The van der Waals surface area contributed by atoms with Crippen molar-refractivity contribution in [2.45, 2.75) is 87.4 Å². The molecule has 4 unspecified atom stereocenters. The van der Waals surface area contributed by atoms with Crippen LogP contribution in [0.3, 0.4) is 0 Å². The fourth-order valence-corrected chi connectivity index (χ4v) is 9.94. The Balaban J connectivity index is 1.30. The van der Waals surface area contributed by atoms with Crippen LogP contribution in [0.15, 0.2) is 36.4 Å². The van der Waals surface area contributed by atoms with E-state index in [1.807, 2.05) is 25.1 Å². The molecule has 0 aromatic heterocycles. The number of carbonyl (C=O) groups is 2. The number of hydrogen-bond donors (Lipinski definition) is 1. The highest BCUT2D eigenvalue weighted by Gasteiger charge is 2.53. The van der Waals surface area contributed by atoms with E-state index in [9.17, 15) is 13.8 Å². The SMILES string of the molecule is CCC1CCCC[C@@]2(COCC(=O)O2)C2CCC2CN2C[C@@]3(CCCc4cc(Cl)ccc43)COc3ccc(cc32)C(=O)NS1=O. The zero-order valence-corrected chi connectivity index (χ0v) is 27.6. The molecular weight excluding hydrogens is 612 g/mol. The molecule has 1 saturated heterocycles. The number of esters is 1. The van der Waals surface area contributed by atoms with Gasteiger partial charge in [-0.2, -0.15) is 0 Å². The molecule has 2 aliphatic carbocycles. The number of nitrogens with zero attached hydrogens (tertiary/aromatic N) is 1. The summed E-state index contributed by atoms with van der Waals surface area (Å²) < 4.78 is 34.9. The molecule has 5 aliphatic rings. The van der Waals surface area contributed by atoms with Gasteiger partial charge in [-0.1, -0.05) is 31.0 Å². The monoisotopic (exact) mass is 654 g/mol. The molecule has 7 rings (SSSR count). The Morgan fingerprint density at radius 2 is 1.93 bits per heavy atom. The van der Waals surface area contributed by atoms with Crippen LogP contribution < -0.4 is 14.4 Å². The number of halogens is 1. The smallest absolute Gasteiger partial charge is 0.332 e. The van der Waals surface area contributed by atoms with E-state index in [2.05, 4.69) is 21.8 Å². The number of fused-ring (bicyclic) bond motifs is 5. The summed E-state index contributed by atoms with van der Waals surface area (Å²) in [7, 11) is -1.52. The zero-order valence-electron chi connectivity index (χ0n) is 26.0. The Kier molecular flexibility index (Phi) is 8.63. The standard InChI is InChI=1S/C35H43ClN2O6S/c1-2-27-7-3-4-15-35(22-42-19-32(39)44-35)29-11-8-25(29)18-38-20-34(14-5-6-23-16-26(36)10-12-28(23)34)21-43-31-13-9-24(17-30(31)38)33(40)37-45(27)41/h9-10,12-13,16-17,25,27,29H,2-8,11,14-15,18-22H2,1H3,(H,37,40)/t25?,27?,29?,34-,35+,45?/m0/s1. The second-order valence-electron chi connectivity index (χ2n) is 13.8. The van der Waals surface area contributed by atoms with Gasteiger partial charge < -0.3 is 19.1 Å². The van der Waals surface area contributed by atoms with Crippen LogP contribution in [0.25, 0.3) is 0 Å². The van der Waals surface area contributed by atoms with Gasteiger partial charge in [-0.15, -0.1) is 0 Å². The second kappa shape index (κ2) is 12.5. The van der Waals surface area contributed by atoms with E-state index < -0.39 is 16.6 Å². The van der Waals surface area contributed by atoms with E-state index in [0.717, 1.165) is 87.3 Å². The van der Waals surface area contributed by atoms with Gasteiger partial charge >= 0.3 is 5.97 Å². The number of hydrogen-bond acceptors (Lipinski definition) is 7. The molecule has 1 amide bonds. The lowest BCUT2D eigenvalue weighted by Crippen LogP contribution is -2.58. The summed E-state index contributed by atoms with van der Waals surface area (Å²) in [6, 6.07) is 11.8. The lowest BCUT2D eigenvalue weighted by Gasteiger charge is -2.52. The Labute approximate surface area is 273 Å². The molecule has 2 bridgehead atoms. The summed E-state index contributed by atoms with van der Waals surface area (Å²) in [4.78, 5) is 28.5. The third-order valence-electron chi connectivity index (χ3n) is 11.1. The van der Waals surface area contributed by atoms with E-state index in [1.165, 1.54) is 11.1 Å². The summed E-state index contributed by atoms with van der Waals surface area (Å²) in [6.45, 7) is 4.44. The van der Waals surface area contributed by atoms with Crippen molar-refractivity contribution in [3.05, 3.63) is 58.1 Å². The second-order valence-corrected chi connectivity index (χ2v) is 15.7. The molecule has 2 aromatic rings. The van der Waals surface area contributed by atoms with Crippen LogP contribution in [-0.2, 0) is 37.1 Å². The number of carbonyl (C=O) groups excluding carboxylic acids is 2. The molecule has 3 heterocycles. The number of anilines is 1. The molecule has 2 fully saturated rings. The van der Waals surface area contributed by atoms with Gasteiger partial charge in [-0.05, 0) is 105 Å². The number of ether oxygens (including phenoxy) is 3. The first-order chi connectivity index (χ1) is 21.8. The molecule has 2 spiro atoms. The van der Waals surface area contributed by atoms with Crippen LogP contribution in [0.4, 0.5) is 5.69 Å². The van der Waals surface area contributed by atoms with Crippen molar-refractivity contribution in [2.24, 2.45) is 11.8 Å². The highest BCUT2D eigenvalue weighted by molar-refractivity contribution is 7.84. The van der Waals surface area contributed by atoms with Gasteiger partial charge in [0.2, 0.25) is 0 Å². The van der Waals surface area contributed by atoms with Gasteiger partial charge in [-0.25, -0.2) is 9.00 Å². The molecule has 8 nitrogen and oxygen atoms in total. The molecule has 3 aliphatic heterocycles. The molecule has 6 atom stereocenters. The summed E-state index contributed by atoms with van der Waals surface area (Å²) in [5.74, 6) is 0.600. The summed E-state index contributed by atoms with van der Waals surface area (Å²) in [5, 5.41) is 0.596. The molecule has 10 heteroatoms. The molecule has 0 radical (unpaired) electrons. The lowest BCUT2D eigenvalue weighted by molar-refractivity contribution is -0.215. The Morgan fingerprint density at radius 1 is 1.04 bits per heavy atom. The third-order valence-corrected chi connectivity index (χ3v) is 12.9. The average Bonchev–Trinajstić information content (AvgIpc) is 3.15. The molecular formula is C35H43ClN2O6S. The number of nitrogens with one attached hydrogen (secondary N) is 1. The van der Waals surface area contributed by atoms with Crippen molar-refractivity contribution in [3.63, 3.8) is 0 Å². The van der Waals surface area contributed by atoms with Crippen molar-refractivity contribution in [1.29, 1.82) is 0 Å². The topological polar surface area (TPSA) is 94.2 Å². The number of rotatable bonds is 1. The van der Waals surface area contributed by atoms with Crippen LogP contribution in [0, 0.1) is 11.8 Å². The molecule has 242 valence electrons. The fraction of sp³-hybridized carbons (Fsp3) is 0.600. The van der Waals surface area contributed by atoms with Crippen LogP contribution in [0.1, 0.15) is 86.2 Å². The van der Waals surface area contributed by atoms with Gasteiger partial charge in [0.05, 0.1) is 24.2 Å². The minimum Gasteiger partial charge on any atom is -0.490 e. The highest BCUT2D eigenvalue weighted by atomic mass is 35.5. The first-order valence-corrected chi connectivity index (χ1v) is 18.2. The Morgan fingerprint density at radius 3 is 2.73 bits per heavy atom. The summed E-state index contributed by atoms with van der Waals surface area (Å²) >= 11 is 6.44. The van der Waals surface area contributed by atoms with Crippen molar-refractivity contribution in [2.75, 3.05) is 37.8 Å². The normalized spacial score (nSPS) is 33.6. The van der Waals surface area contributed by atoms with E-state index in [0.29, 0.717) is 25.2 Å². The number of amides is 1. The van der Waals surface area contributed by atoms with Crippen molar-refractivity contribution in [3.8, 4) is 5.75 Å². The predicted molar refractivity (Wildman–Crippen MR) is 174 cm³/mol. The highest BCUT2D eigenvalue weighted by Crippen LogP contribution is 2.50. The lowest BCUT2D eigenvalue weighted by atomic mass is 9.62. The largest absolute Gasteiger partial charge is 0.490 e. The molecule has 1 N–H and O–H groups in total. The Hall–Kier alpha value is -2.62. The zero-order chi connectivity index (χ0) is 31.2. The first-order valence-electron chi connectivity index (χ1n) is 16.6. The van der Waals surface area contributed by atoms with Crippen LogP contribution in [-0.4, -0.2) is 59.8 Å². The van der Waals surface area contributed by atoms with Gasteiger partial charge in [0.1, 0.15) is 28.9 Å². The maximum absolute atomic E-state index is 13.5. The van der Waals surface area contributed by atoms with E-state index >= 15 is 0 Å². The minimum atomic E-state index is -1.52. The summed E-state index contributed by atoms with van der Waals surface area (Å²) in [6.07, 6.45) is 8.85. The van der Waals surface area contributed by atoms with Crippen LogP contribution >= 0.6 is 11.6 Å².